The van der Waals surface area contributed by atoms with Gasteiger partial charge in [-0.05, 0) is 49.7 Å². The number of carbonyl (C=O) groups is 4. The summed E-state index contributed by atoms with van der Waals surface area (Å²) >= 11 is 0. The van der Waals surface area contributed by atoms with Gasteiger partial charge in [0, 0.05) is 12.8 Å². The highest BCUT2D eigenvalue weighted by Gasteiger charge is 2.18. The van der Waals surface area contributed by atoms with Crippen molar-refractivity contribution < 1.29 is 39.6 Å². The highest BCUT2D eigenvalue weighted by atomic mass is 16.4. The first-order chi connectivity index (χ1) is 16.1. The fourth-order valence-corrected chi connectivity index (χ4v) is 3.94. The number of rotatable bonds is 17. The Hall–Kier alpha value is -2.90. The minimum Gasteiger partial charge on any atom is -0.481 e. The van der Waals surface area contributed by atoms with E-state index in [2.05, 4.69) is 13.8 Å². The zero-order valence-electron chi connectivity index (χ0n) is 20.4. The summed E-state index contributed by atoms with van der Waals surface area (Å²) in [6.07, 6.45) is 10.9. The molecule has 0 bridgehead atoms. The molecule has 0 fully saturated rings. The largest absolute Gasteiger partial charge is 0.481 e. The van der Waals surface area contributed by atoms with Crippen LogP contribution in [0.4, 0.5) is 0 Å². The molecular formula is C26H40O8. The predicted octanol–water partition coefficient (Wildman–Crippen LogP) is 6.19. The van der Waals surface area contributed by atoms with Gasteiger partial charge in [-0.25, -0.2) is 9.59 Å². The average Bonchev–Trinajstić information content (AvgIpc) is 2.78. The van der Waals surface area contributed by atoms with E-state index in [4.69, 9.17) is 20.4 Å². The maximum absolute atomic E-state index is 10.8. The van der Waals surface area contributed by atoms with Crippen LogP contribution < -0.4 is 0 Å². The Bertz CT molecular complexity index is 726. The van der Waals surface area contributed by atoms with E-state index in [0.29, 0.717) is 11.8 Å². The Balaban J connectivity index is 0.000000757. The molecule has 1 rings (SSSR count). The zero-order chi connectivity index (χ0) is 25.9. The van der Waals surface area contributed by atoms with Gasteiger partial charge in [0.1, 0.15) is 0 Å². The van der Waals surface area contributed by atoms with Crippen molar-refractivity contribution in [1.29, 1.82) is 0 Å². The van der Waals surface area contributed by atoms with Crippen LogP contribution in [0, 0.1) is 11.8 Å². The number of carboxylic acid groups (broad SMARTS) is 4. The Morgan fingerprint density at radius 2 is 1.06 bits per heavy atom. The van der Waals surface area contributed by atoms with Crippen molar-refractivity contribution >= 4 is 23.9 Å². The van der Waals surface area contributed by atoms with E-state index in [0.717, 1.165) is 57.8 Å². The van der Waals surface area contributed by atoms with E-state index >= 15 is 0 Å². The van der Waals surface area contributed by atoms with Crippen LogP contribution in [0.2, 0.25) is 0 Å². The minimum absolute atomic E-state index is 0.190. The van der Waals surface area contributed by atoms with Gasteiger partial charge in [-0.3, -0.25) is 9.59 Å². The number of carboxylic acids is 4. The van der Waals surface area contributed by atoms with Crippen molar-refractivity contribution in [2.75, 3.05) is 0 Å². The van der Waals surface area contributed by atoms with Crippen molar-refractivity contribution in [3.8, 4) is 0 Å². The molecular weight excluding hydrogens is 440 g/mol. The smallest absolute Gasteiger partial charge is 0.336 e. The molecule has 2 unspecified atom stereocenters. The van der Waals surface area contributed by atoms with Crippen molar-refractivity contribution in [1.82, 2.24) is 0 Å². The molecule has 1 aromatic carbocycles. The molecule has 0 saturated carbocycles. The second kappa shape index (κ2) is 18.5. The van der Waals surface area contributed by atoms with Crippen LogP contribution in [0.5, 0.6) is 0 Å². The van der Waals surface area contributed by atoms with Gasteiger partial charge in [-0.1, -0.05) is 64.5 Å². The number of hydrogen-bond acceptors (Lipinski definition) is 4. The summed E-state index contributed by atoms with van der Waals surface area (Å²) in [5.41, 5.74) is -0.380. The van der Waals surface area contributed by atoms with E-state index in [9.17, 15) is 19.2 Å². The highest BCUT2D eigenvalue weighted by Crippen LogP contribution is 2.29. The van der Waals surface area contributed by atoms with Gasteiger partial charge in [0.25, 0.3) is 0 Å². The lowest BCUT2D eigenvalue weighted by molar-refractivity contribution is -0.138. The van der Waals surface area contributed by atoms with Crippen molar-refractivity contribution in [3.05, 3.63) is 35.4 Å². The Labute approximate surface area is 202 Å². The third-order valence-electron chi connectivity index (χ3n) is 5.76. The fourth-order valence-electron chi connectivity index (χ4n) is 3.94. The number of aliphatic carboxylic acids is 2. The minimum atomic E-state index is -1.23. The summed E-state index contributed by atoms with van der Waals surface area (Å²) in [5.74, 6) is -2.86. The molecule has 0 aliphatic rings. The molecule has 0 radical (unpaired) electrons. The first-order valence-electron chi connectivity index (χ1n) is 12.1. The maximum Gasteiger partial charge on any atom is 0.336 e. The second-order valence-corrected chi connectivity index (χ2v) is 8.63. The van der Waals surface area contributed by atoms with Crippen LogP contribution in [0.25, 0.3) is 0 Å². The third-order valence-corrected chi connectivity index (χ3v) is 5.76. The topological polar surface area (TPSA) is 149 Å². The fraction of sp³-hybridized carbons (Fsp3) is 0.615. The monoisotopic (exact) mass is 480 g/mol. The van der Waals surface area contributed by atoms with Crippen LogP contribution in [-0.2, 0) is 9.59 Å². The molecule has 4 N–H and O–H groups in total. The van der Waals surface area contributed by atoms with E-state index in [1.165, 1.54) is 30.7 Å². The van der Waals surface area contributed by atoms with Gasteiger partial charge >= 0.3 is 23.9 Å². The van der Waals surface area contributed by atoms with Crippen LogP contribution in [0.3, 0.4) is 0 Å². The predicted molar refractivity (Wildman–Crippen MR) is 129 cm³/mol. The molecule has 0 aliphatic carbocycles. The molecule has 0 saturated heterocycles. The summed E-state index contributed by atoms with van der Waals surface area (Å²) in [5, 5.41) is 34.8. The van der Waals surface area contributed by atoms with Crippen molar-refractivity contribution in [2.24, 2.45) is 11.8 Å². The first-order valence-corrected chi connectivity index (χ1v) is 12.1. The maximum atomic E-state index is 10.8. The van der Waals surface area contributed by atoms with Crippen LogP contribution in [-0.4, -0.2) is 44.3 Å². The lowest BCUT2D eigenvalue weighted by atomic mass is 9.82. The normalized spacial score (nSPS) is 12.2. The molecule has 8 heteroatoms. The van der Waals surface area contributed by atoms with Crippen LogP contribution >= 0.6 is 0 Å². The van der Waals surface area contributed by atoms with E-state index < -0.39 is 23.9 Å². The van der Waals surface area contributed by atoms with Gasteiger partial charge in [-0.2, -0.15) is 0 Å². The van der Waals surface area contributed by atoms with Crippen molar-refractivity contribution in [2.45, 2.75) is 90.9 Å². The Morgan fingerprint density at radius 1 is 0.647 bits per heavy atom. The summed E-state index contributed by atoms with van der Waals surface area (Å²) in [7, 11) is 0. The third kappa shape index (κ3) is 15.0. The second-order valence-electron chi connectivity index (χ2n) is 8.63. The summed E-state index contributed by atoms with van der Waals surface area (Å²) in [6, 6.07) is 5.48. The number of hydrogen-bond donors (Lipinski definition) is 4. The molecule has 2 atom stereocenters. The van der Waals surface area contributed by atoms with Gasteiger partial charge < -0.3 is 20.4 Å². The first kappa shape index (κ1) is 31.1. The molecule has 34 heavy (non-hydrogen) atoms. The standard InChI is InChI=1S/C18H34O4.C8H6O4/c1-3-5-8-15(10-7-11-17(19)20)14-16(9-6-4-2)12-13-18(21)22;9-7(10)5-3-1-2-4-6(5)8(11)12/h15-16H,3-14H2,1-2H3,(H,19,20)(H,21,22);1-4H,(H,9,10)(H,11,12). The zero-order valence-corrected chi connectivity index (χ0v) is 20.4. The highest BCUT2D eigenvalue weighted by molar-refractivity contribution is 6.01. The van der Waals surface area contributed by atoms with Crippen LogP contribution in [0.15, 0.2) is 24.3 Å². The quantitative estimate of drug-likeness (QED) is 0.206. The molecule has 8 nitrogen and oxygen atoms in total. The lowest BCUT2D eigenvalue weighted by Gasteiger charge is -2.23. The molecule has 0 spiro atoms. The summed E-state index contributed by atoms with van der Waals surface area (Å²) in [4.78, 5) is 42.4. The summed E-state index contributed by atoms with van der Waals surface area (Å²) < 4.78 is 0. The molecule has 0 amide bonds. The van der Waals surface area contributed by atoms with Gasteiger partial charge in [-0.15, -0.1) is 0 Å². The molecule has 0 aliphatic heterocycles. The number of aromatic carboxylic acids is 2. The molecule has 0 heterocycles. The average molecular weight is 481 g/mol. The Morgan fingerprint density at radius 3 is 1.44 bits per heavy atom. The van der Waals surface area contributed by atoms with E-state index in [-0.39, 0.29) is 24.0 Å². The number of unbranched alkanes of at least 4 members (excludes halogenated alkanes) is 2. The SMILES string of the molecule is CCCCC(CCCC(=O)O)CC(CCCC)CCC(=O)O.O=C(O)c1ccccc1C(=O)O. The van der Waals surface area contributed by atoms with E-state index in [1.54, 1.807) is 0 Å². The molecule has 1 aromatic rings. The van der Waals surface area contributed by atoms with Crippen LogP contribution in [0.1, 0.15) is 112 Å². The molecule has 0 aromatic heterocycles. The van der Waals surface area contributed by atoms with Gasteiger partial charge in [0.2, 0.25) is 0 Å². The number of benzene rings is 1. The summed E-state index contributed by atoms with van der Waals surface area (Å²) in [6.45, 7) is 4.34. The van der Waals surface area contributed by atoms with Crippen molar-refractivity contribution in [3.63, 3.8) is 0 Å². The Kier molecular flexibility index (Phi) is 16.9. The lowest BCUT2D eigenvalue weighted by Crippen LogP contribution is -2.12. The van der Waals surface area contributed by atoms with Gasteiger partial charge in [0.05, 0.1) is 11.1 Å². The van der Waals surface area contributed by atoms with E-state index in [1.807, 2.05) is 0 Å². The van der Waals surface area contributed by atoms with Gasteiger partial charge in [0.15, 0.2) is 0 Å². The molecule has 192 valence electrons.